The van der Waals surface area contributed by atoms with Gasteiger partial charge in [-0.05, 0) is 49.1 Å². The van der Waals surface area contributed by atoms with E-state index in [4.69, 9.17) is 9.47 Å². The highest BCUT2D eigenvalue weighted by Gasteiger charge is 2.73. The molecule has 2 bridgehead atoms. The Bertz CT molecular complexity index is 570. The van der Waals surface area contributed by atoms with Crippen LogP contribution in [0.25, 0.3) is 0 Å². The summed E-state index contributed by atoms with van der Waals surface area (Å²) in [5, 5.41) is 0. The van der Waals surface area contributed by atoms with Crippen LogP contribution >= 0.6 is 15.9 Å². The molecule has 3 fully saturated rings. The molecule has 3 saturated carbocycles. The van der Waals surface area contributed by atoms with Crippen molar-refractivity contribution < 1.29 is 9.47 Å². The van der Waals surface area contributed by atoms with Gasteiger partial charge in [0.05, 0.1) is 14.2 Å². The van der Waals surface area contributed by atoms with Gasteiger partial charge < -0.3 is 9.47 Å². The molecular formula is C17H21BrO2. The molecule has 0 heterocycles. The zero-order valence-electron chi connectivity index (χ0n) is 12.2. The highest BCUT2D eigenvalue weighted by Crippen LogP contribution is 2.80. The van der Waals surface area contributed by atoms with Gasteiger partial charge in [-0.15, -0.1) is 0 Å². The van der Waals surface area contributed by atoms with E-state index in [0.29, 0.717) is 10.8 Å². The Kier molecular flexibility index (Phi) is 2.70. The summed E-state index contributed by atoms with van der Waals surface area (Å²) in [6.07, 6.45) is 8.39. The summed E-state index contributed by atoms with van der Waals surface area (Å²) in [6.45, 7) is 0. The van der Waals surface area contributed by atoms with Gasteiger partial charge in [0.1, 0.15) is 0 Å². The van der Waals surface area contributed by atoms with Crippen molar-refractivity contribution in [3.63, 3.8) is 0 Å². The van der Waals surface area contributed by atoms with Crippen LogP contribution in [0.4, 0.5) is 0 Å². The number of hydrogen-bond acceptors (Lipinski definition) is 2. The van der Waals surface area contributed by atoms with Crippen molar-refractivity contribution in [2.45, 2.75) is 43.9 Å². The van der Waals surface area contributed by atoms with E-state index in [1.165, 1.54) is 44.1 Å². The first-order valence-corrected chi connectivity index (χ1v) is 8.35. The van der Waals surface area contributed by atoms with E-state index in [1.807, 2.05) is 6.07 Å². The number of benzene rings is 1. The van der Waals surface area contributed by atoms with Gasteiger partial charge in [0.2, 0.25) is 0 Å². The number of ether oxygens (including phenoxy) is 2. The van der Waals surface area contributed by atoms with E-state index in [-0.39, 0.29) is 0 Å². The summed E-state index contributed by atoms with van der Waals surface area (Å²) in [6, 6.07) is 4.28. The summed E-state index contributed by atoms with van der Waals surface area (Å²) >= 11 is 3.64. The standard InChI is InChI=1S/C17H21BrO2/c1-19-14-7-12(18)6-13(15(14)20-2)17-9-11-4-3-5-16(17,8-11)10-17/h6-7,11H,3-5,8-10H2,1-2H3. The van der Waals surface area contributed by atoms with Crippen molar-refractivity contribution in [2.75, 3.05) is 14.2 Å². The number of hydrogen-bond donors (Lipinski definition) is 0. The Labute approximate surface area is 129 Å². The Morgan fingerprint density at radius 3 is 2.75 bits per heavy atom. The Balaban J connectivity index is 1.86. The molecule has 3 aliphatic carbocycles. The fourth-order valence-electron chi connectivity index (χ4n) is 5.35. The third-order valence-electron chi connectivity index (χ3n) is 6.07. The van der Waals surface area contributed by atoms with E-state index in [1.54, 1.807) is 14.2 Å². The van der Waals surface area contributed by atoms with Crippen LogP contribution in [0, 0.1) is 11.3 Å². The van der Waals surface area contributed by atoms with E-state index >= 15 is 0 Å². The van der Waals surface area contributed by atoms with E-state index < -0.39 is 0 Å². The molecule has 20 heavy (non-hydrogen) atoms. The predicted octanol–water partition coefficient (Wildman–Crippen LogP) is 4.69. The maximum absolute atomic E-state index is 5.73. The van der Waals surface area contributed by atoms with Crippen LogP contribution < -0.4 is 9.47 Å². The molecular weight excluding hydrogens is 316 g/mol. The maximum Gasteiger partial charge on any atom is 0.164 e. The Morgan fingerprint density at radius 1 is 1.20 bits per heavy atom. The second kappa shape index (κ2) is 4.16. The van der Waals surface area contributed by atoms with E-state index in [0.717, 1.165) is 21.9 Å². The van der Waals surface area contributed by atoms with Crippen molar-refractivity contribution in [1.29, 1.82) is 0 Å². The zero-order valence-corrected chi connectivity index (χ0v) is 13.8. The third kappa shape index (κ3) is 1.50. The van der Waals surface area contributed by atoms with Crippen molar-refractivity contribution in [3.05, 3.63) is 22.2 Å². The maximum atomic E-state index is 5.73. The number of rotatable bonds is 3. The first-order valence-electron chi connectivity index (χ1n) is 7.56. The minimum Gasteiger partial charge on any atom is -0.493 e. The predicted molar refractivity (Wildman–Crippen MR) is 82.5 cm³/mol. The molecule has 3 aliphatic rings. The van der Waals surface area contributed by atoms with Crippen molar-refractivity contribution >= 4 is 15.9 Å². The molecule has 4 rings (SSSR count). The molecule has 108 valence electrons. The highest BCUT2D eigenvalue weighted by atomic mass is 79.9. The van der Waals surface area contributed by atoms with Crippen molar-refractivity contribution in [3.8, 4) is 11.5 Å². The number of methoxy groups -OCH3 is 2. The molecule has 3 unspecified atom stereocenters. The lowest BCUT2D eigenvalue weighted by Gasteiger charge is -2.23. The molecule has 0 amide bonds. The monoisotopic (exact) mass is 336 g/mol. The summed E-state index contributed by atoms with van der Waals surface area (Å²) in [4.78, 5) is 0. The molecule has 0 aliphatic heterocycles. The van der Waals surface area contributed by atoms with Crippen LogP contribution in [0.5, 0.6) is 11.5 Å². The van der Waals surface area contributed by atoms with E-state index in [2.05, 4.69) is 22.0 Å². The quantitative estimate of drug-likeness (QED) is 0.797. The highest BCUT2D eigenvalue weighted by molar-refractivity contribution is 9.10. The van der Waals surface area contributed by atoms with Crippen molar-refractivity contribution in [1.82, 2.24) is 0 Å². The molecule has 0 saturated heterocycles. The van der Waals surface area contributed by atoms with Gasteiger partial charge in [-0.1, -0.05) is 28.8 Å². The molecule has 1 spiro atoms. The topological polar surface area (TPSA) is 18.5 Å². The van der Waals surface area contributed by atoms with Gasteiger partial charge in [-0.25, -0.2) is 0 Å². The Morgan fingerprint density at radius 2 is 2.05 bits per heavy atom. The Hall–Kier alpha value is -0.700. The number of fused-ring (bicyclic) bond motifs is 1. The molecule has 1 aromatic carbocycles. The van der Waals surface area contributed by atoms with Crippen LogP contribution in [-0.4, -0.2) is 14.2 Å². The molecule has 2 nitrogen and oxygen atoms in total. The van der Waals surface area contributed by atoms with Crippen molar-refractivity contribution in [2.24, 2.45) is 11.3 Å². The molecule has 1 aromatic rings. The summed E-state index contributed by atoms with van der Waals surface area (Å²) in [5.41, 5.74) is 2.33. The van der Waals surface area contributed by atoms with Gasteiger partial charge in [-0.2, -0.15) is 0 Å². The normalized spacial score (nSPS) is 37.5. The van der Waals surface area contributed by atoms with Gasteiger partial charge >= 0.3 is 0 Å². The van der Waals surface area contributed by atoms with Gasteiger partial charge in [0.15, 0.2) is 11.5 Å². The van der Waals surface area contributed by atoms with Crippen LogP contribution in [0.3, 0.4) is 0 Å². The SMILES string of the molecule is COc1cc(Br)cc(C23CC4CCCC2(C4)C3)c1OC. The second-order valence-electron chi connectivity index (χ2n) is 6.89. The average Bonchev–Trinajstić information content (AvgIpc) is 2.97. The summed E-state index contributed by atoms with van der Waals surface area (Å²) in [5.74, 6) is 2.75. The minimum atomic E-state index is 0.372. The first-order chi connectivity index (χ1) is 9.64. The molecule has 3 heteroatoms. The fraction of sp³-hybridized carbons (Fsp3) is 0.647. The third-order valence-corrected chi connectivity index (χ3v) is 6.53. The molecule has 0 radical (unpaired) electrons. The summed E-state index contributed by atoms with van der Waals surface area (Å²) in [7, 11) is 3.49. The smallest absolute Gasteiger partial charge is 0.164 e. The van der Waals surface area contributed by atoms with Gasteiger partial charge in [0, 0.05) is 15.5 Å². The molecule has 0 N–H and O–H groups in total. The van der Waals surface area contributed by atoms with Crippen LogP contribution in [0.15, 0.2) is 16.6 Å². The first kappa shape index (κ1) is 13.0. The van der Waals surface area contributed by atoms with Crippen LogP contribution in [-0.2, 0) is 5.41 Å². The largest absolute Gasteiger partial charge is 0.493 e. The average molecular weight is 337 g/mol. The second-order valence-corrected chi connectivity index (χ2v) is 7.81. The lowest BCUT2D eigenvalue weighted by Crippen LogP contribution is -2.14. The lowest BCUT2D eigenvalue weighted by atomic mass is 9.83. The summed E-state index contributed by atoms with van der Waals surface area (Å²) < 4.78 is 12.4. The van der Waals surface area contributed by atoms with Crippen LogP contribution in [0.1, 0.15) is 44.1 Å². The number of halogens is 1. The van der Waals surface area contributed by atoms with Gasteiger partial charge in [0.25, 0.3) is 0 Å². The fourth-order valence-corrected chi connectivity index (χ4v) is 5.78. The van der Waals surface area contributed by atoms with E-state index in [9.17, 15) is 0 Å². The molecule has 0 aromatic heterocycles. The zero-order chi connectivity index (χ0) is 14.0. The van der Waals surface area contributed by atoms with Gasteiger partial charge in [-0.3, -0.25) is 0 Å². The lowest BCUT2D eigenvalue weighted by molar-refractivity contribution is 0.297. The van der Waals surface area contributed by atoms with Crippen LogP contribution in [0.2, 0.25) is 0 Å². The minimum absolute atomic E-state index is 0.372. The molecule has 3 atom stereocenters.